The van der Waals surface area contributed by atoms with Crippen molar-refractivity contribution in [2.24, 2.45) is 11.7 Å². The maximum Gasteiger partial charge on any atom is 0.0616 e. The quantitative estimate of drug-likeness (QED) is 0.843. The van der Waals surface area contributed by atoms with E-state index >= 15 is 0 Å². The summed E-state index contributed by atoms with van der Waals surface area (Å²) >= 11 is 0. The maximum absolute atomic E-state index is 6.18. The first-order valence-corrected chi connectivity index (χ1v) is 7.71. The van der Waals surface area contributed by atoms with Gasteiger partial charge in [-0.25, -0.2) is 0 Å². The first-order chi connectivity index (χ1) is 9.09. The molecule has 112 valence electrons. The third-order valence-corrected chi connectivity index (χ3v) is 5.09. The molecule has 2 aliphatic heterocycles. The summed E-state index contributed by atoms with van der Waals surface area (Å²) in [6, 6.07) is 0.614. The molecule has 0 saturated carbocycles. The van der Waals surface area contributed by atoms with Gasteiger partial charge in [0.25, 0.3) is 0 Å². The van der Waals surface area contributed by atoms with E-state index in [4.69, 9.17) is 15.2 Å². The first-order valence-electron chi connectivity index (χ1n) is 7.71. The zero-order valence-electron chi connectivity index (χ0n) is 12.7. The van der Waals surface area contributed by atoms with Crippen LogP contribution in [-0.4, -0.2) is 56.0 Å². The van der Waals surface area contributed by atoms with Crippen molar-refractivity contribution in [2.75, 3.05) is 33.4 Å². The van der Waals surface area contributed by atoms with Crippen LogP contribution in [0.4, 0.5) is 0 Å². The van der Waals surface area contributed by atoms with Gasteiger partial charge in [-0.1, -0.05) is 13.8 Å². The van der Waals surface area contributed by atoms with Crippen LogP contribution in [0, 0.1) is 5.92 Å². The smallest absolute Gasteiger partial charge is 0.0616 e. The Morgan fingerprint density at radius 3 is 2.53 bits per heavy atom. The lowest BCUT2D eigenvalue weighted by molar-refractivity contribution is -0.100. The molecule has 4 nitrogen and oxygen atoms in total. The van der Waals surface area contributed by atoms with Gasteiger partial charge in [-0.2, -0.15) is 0 Å². The Balaban J connectivity index is 2.07. The molecule has 0 amide bonds. The Kier molecular flexibility index (Phi) is 5.23. The fourth-order valence-corrected chi connectivity index (χ4v) is 3.47. The zero-order chi connectivity index (χ0) is 13.9. The van der Waals surface area contributed by atoms with Gasteiger partial charge in [0.2, 0.25) is 0 Å². The highest BCUT2D eigenvalue weighted by Crippen LogP contribution is 2.35. The summed E-state index contributed by atoms with van der Waals surface area (Å²) in [6.45, 7) is 7.83. The normalized spacial score (nSPS) is 34.1. The van der Waals surface area contributed by atoms with Gasteiger partial charge in [-0.05, 0) is 38.6 Å². The van der Waals surface area contributed by atoms with Gasteiger partial charge in [-0.3, -0.25) is 4.90 Å². The second-order valence-electron chi connectivity index (χ2n) is 6.49. The van der Waals surface area contributed by atoms with Crippen LogP contribution in [-0.2, 0) is 9.47 Å². The third kappa shape index (κ3) is 3.30. The molecule has 2 heterocycles. The summed E-state index contributed by atoms with van der Waals surface area (Å²) in [5.74, 6) is 0.564. The maximum atomic E-state index is 6.18. The van der Waals surface area contributed by atoms with Gasteiger partial charge in [0.1, 0.15) is 0 Å². The Morgan fingerprint density at radius 1 is 1.26 bits per heavy atom. The highest BCUT2D eigenvalue weighted by molar-refractivity contribution is 4.98. The standard InChI is InChI=1S/C15H30N2O2/c1-12(2)14-10-15(11-16,6-9-19-14)17(3)13-4-7-18-8-5-13/h12-14H,4-11,16H2,1-3H3. The summed E-state index contributed by atoms with van der Waals surface area (Å²) in [6.07, 6.45) is 4.73. The fourth-order valence-electron chi connectivity index (χ4n) is 3.47. The van der Waals surface area contributed by atoms with E-state index in [2.05, 4.69) is 25.8 Å². The molecular formula is C15H30N2O2. The van der Waals surface area contributed by atoms with Gasteiger partial charge in [-0.15, -0.1) is 0 Å². The molecule has 2 aliphatic rings. The van der Waals surface area contributed by atoms with Crippen LogP contribution in [0.1, 0.15) is 39.5 Å². The largest absolute Gasteiger partial charge is 0.381 e. The summed E-state index contributed by atoms with van der Waals surface area (Å²) in [5, 5.41) is 0. The summed E-state index contributed by atoms with van der Waals surface area (Å²) in [7, 11) is 2.26. The van der Waals surface area contributed by atoms with Crippen molar-refractivity contribution in [2.45, 2.75) is 57.2 Å². The van der Waals surface area contributed by atoms with E-state index in [1.54, 1.807) is 0 Å². The van der Waals surface area contributed by atoms with Crippen LogP contribution in [0.3, 0.4) is 0 Å². The number of rotatable bonds is 4. The van der Waals surface area contributed by atoms with Crippen LogP contribution < -0.4 is 5.73 Å². The van der Waals surface area contributed by atoms with Crippen LogP contribution >= 0.6 is 0 Å². The second-order valence-corrected chi connectivity index (χ2v) is 6.49. The van der Waals surface area contributed by atoms with Gasteiger partial charge in [0, 0.05) is 37.9 Å². The summed E-state index contributed by atoms with van der Waals surface area (Å²) in [5.41, 5.74) is 6.30. The van der Waals surface area contributed by atoms with Crippen molar-refractivity contribution in [3.8, 4) is 0 Å². The Bertz CT molecular complexity index is 279. The topological polar surface area (TPSA) is 47.7 Å². The van der Waals surface area contributed by atoms with E-state index in [-0.39, 0.29) is 5.54 Å². The van der Waals surface area contributed by atoms with E-state index in [9.17, 15) is 0 Å². The number of nitrogens with zero attached hydrogens (tertiary/aromatic N) is 1. The molecule has 0 aromatic heterocycles. The zero-order valence-corrected chi connectivity index (χ0v) is 12.7. The molecule has 4 heteroatoms. The molecule has 0 bridgehead atoms. The lowest BCUT2D eigenvalue weighted by Crippen LogP contribution is -2.61. The number of hydrogen-bond donors (Lipinski definition) is 1. The molecule has 0 radical (unpaired) electrons. The molecule has 0 spiro atoms. The molecule has 0 aliphatic carbocycles. The lowest BCUT2D eigenvalue weighted by Gasteiger charge is -2.50. The number of hydrogen-bond acceptors (Lipinski definition) is 4. The Hall–Kier alpha value is -0.160. The fraction of sp³-hybridized carbons (Fsp3) is 1.00. The monoisotopic (exact) mass is 270 g/mol. The number of nitrogens with two attached hydrogens (primary N) is 1. The predicted molar refractivity (Wildman–Crippen MR) is 77.2 cm³/mol. The predicted octanol–water partition coefficient (Wildman–Crippen LogP) is 1.63. The molecule has 2 N–H and O–H groups in total. The molecule has 2 fully saturated rings. The molecule has 0 aromatic carbocycles. The second kappa shape index (κ2) is 6.53. The van der Waals surface area contributed by atoms with Gasteiger partial charge in [0.05, 0.1) is 6.10 Å². The summed E-state index contributed by atoms with van der Waals surface area (Å²) < 4.78 is 11.4. The third-order valence-electron chi connectivity index (χ3n) is 5.09. The van der Waals surface area contributed by atoms with Crippen molar-refractivity contribution in [3.05, 3.63) is 0 Å². The highest BCUT2D eigenvalue weighted by Gasteiger charge is 2.42. The highest BCUT2D eigenvalue weighted by atomic mass is 16.5. The van der Waals surface area contributed by atoms with E-state index in [1.807, 2.05) is 0 Å². The van der Waals surface area contributed by atoms with Crippen LogP contribution in [0.5, 0.6) is 0 Å². The van der Waals surface area contributed by atoms with Gasteiger partial charge < -0.3 is 15.2 Å². The number of ether oxygens (including phenoxy) is 2. The molecule has 2 rings (SSSR count). The minimum absolute atomic E-state index is 0.120. The van der Waals surface area contributed by atoms with Crippen LogP contribution in [0.25, 0.3) is 0 Å². The van der Waals surface area contributed by atoms with E-state index in [1.165, 1.54) is 0 Å². The molecule has 2 saturated heterocycles. The van der Waals surface area contributed by atoms with Crippen molar-refractivity contribution in [1.82, 2.24) is 4.90 Å². The molecule has 2 unspecified atom stereocenters. The van der Waals surface area contributed by atoms with Gasteiger partial charge >= 0.3 is 0 Å². The van der Waals surface area contributed by atoms with Crippen molar-refractivity contribution in [3.63, 3.8) is 0 Å². The molecular weight excluding hydrogens is 240 g/mol. The van der Waals surface area contributed by atoms with Crippen LogP contribution in [0.15, 0.2) is 0 Å². The first kappa shape index (κ1) is 15.2. The number of likely N-dealkylation sites (N-methyl/N-ethyl adjacent to an activating group) is 1. The van der Waals surface area contributed by atoms with Crippen LogP contribution in [0.2, 0.25) is 0 Å². The minimum Gasteiger partial charge on any atom is -0.381 e. The van der Waals surface area contributed by atoms with Gasteiger partial charge in [0.15, 0.2) is 0 Å². The Labute approximate surface area is 117 Å². The molecule has 19 heavy (non-hydrogen) atoms. The Morgan fingerprint density at radius 2 is 1.95 bits per heavy atom. The minimum atomic E-state index is 0.120. The van der Waals surface area contributed by atoms with E-state index in [0.717, 1.165) is 52.0 Å². The van der Waals surface area contributed by atoms with E-state index in [0.29, 0.717) is 18.1 Å². The van der Waals surface area contributed by atoms with Crippen molar-refractivity contribution >= 4 is 0 Å². The average molecular weight is 270 g/mol. The van der Waals surface area contributed by atoms with Crippen molar-refractivity contribution < 1.29 is 9.47 Å². The van der Waals surface area contributed by atoms with E-state index < -0.39 is 0 Å². The SMILES string of the molecule is CC(C)C1CC(CN)(N(C)C2CCOCC2)CCO1. The molecule has 2 atom stereocenters. The van der Waals surface area contributed by atoms with Crippen molar-refractivity contribution in [1.29, 1.82) is 0 Å². The average Bonchev–Trinajstić information content (AvgIpc) is 2.47. The lowest BCUT2D eigenvalue weighted by atomic mass is 9.80. The summed E-state index contributed by atoms with van der Waals surface area (Å²) in [4.78, 5) is 2.55. The molecule has 0 aromatic rings.